The largest absolute Gasteiger partial charge is 0.465 e. The summed E-state index contributed by atoms with van der Waals surface area (Å²) in [5.74, 6) is -1.35. The van der Waals surface area contributed by atoms with Gasteiger partial charge in [-0.05, 0) is 40.8 Å². The zero-order valence-corrected chi connectivity index (χ0v) is 11.6. The van der Waals surface area contributed by atoms with Crippen LogP contribution in [0.2, 0.25) is 0 Å². The number of amides is 2. The number of hydrazine groups is 1. The molecule has 1 aromatic rings. The van der Waals surface area contributed by atoms with Crippen LogP contribution in [0.25, 0.3) is 0 Å². The Morgan fingerprint density at radius 3 is 2.72 bits per heavy atom. The van der Waals surface area contributed by atoms with Crippen molar-refractivity contribution in [1.29, 1.82) is 0 Å². The summed E-state index contributed by atoms with van der Waals surface area (Å²) in [5, 5.41) is 1.07. The van der Waals surface area contributed by atoms with E-state index >= 15 is 0 Å². The maximum absolute atomic E-state index is 11.7. The molecule has 0 radical (unpaired) electrons. The first-order valence-electron chi connectivity index (χ1n) is 5.03. The van der Waals surface area contributed by atoms with Gasteiger partial charge >= 0.3 is 5.97 Å². The van der Waals surface area contributed by atoms with Crippen molar-refractivity contribution in [3.05, 3.63) is 27.3 Å². The molecule has 0 bridgehead atoms. The van der Waals surface area contributed by atoms with E-state index in [9.17, 15) is 14.4 Å². The molecule has 2 amide bonds. The molecule has 1 fully saturated rings. The summed E-state index contributed by atoms with van der Waals surface area (Å²) < 4.78 is 5.49. The van der Waals surface area contributed by atoms with E-state index in [1.165, 1.54) is 7.11 Å². The van der Waals surface area contributed by atoms with Crippen molar-refractivity contribution in [1.82, 2.24) is 5.43 Å². The van der Waals surface area contributed by atoms with Gasteiger partial charge in [-0.3, -0.25) is 15.0 Å². The molecule has 1 aromatic carbocycles. The Bertz CT molecular complexity index is 544. The molecule has 1 heterocycles. The van der Waals surface area contributed by atoms with E-state index in [4.69, 9.17) is 0 Å². The van der Waals surface area contributed by atoms with Gasteiger partial charge in [0.2, 0.25) is 5.91 Å². The minimum absolute atomic E-state index is 0.216. The summed E-state index contributed by atoms with van der Waals surface area (Å²) in [7, 11) is 1.26. The van der Waals surface area contributed by atoms with Crippen molar-refractivity contribution >= 4 is 46.1 Å². The molecule has 94 valence electrons. The molecule has 1 saturated heterocycles. The molecule has 0 saturated carbocycles. The van der Waals surface area contributed by atoms with E-state index in [2.05, 4.69) is 10.2 Å². The summed E-state index contributed by atoms with van der Waals surface area (Å²) in [6.07, 6.45) is -0.216. The van der Waals surface area contributed by atoms with Crippen molar-refractivity contribution in [2.75, 3.05) is 12.1 Å². The van der Waals surface area contributed by atoms with Gasteiger partial charge in [0.25, 0.3) is 5.91 Å². The minimum Gasteiger partial charge on any atom is -0.465 e. The molecule has 2 rings (SSSR count). The molecule has 1 aliphatic heterocycles. The topological polar surface area (TPSA) is 75.7 Å². The molecular weight excluding hydrogens is 351 g/mol. The Hall–Kier alpha value is -1.64. The van der Waals surface area contributed by atoms with Crippen LogP contribution in [-0.2, 0) is 14.3 Å². The van der Waals surface area contributed by atoms with Crippen molar-refractivity contribution in [2.45, 2.75) is 6.42 Å². The van der Waals surface area contributed by atoms with Crippen LogP contribution in [0.5, 0.6) is 0 Å². The SMILES string of the molecule is COC(=O)c1cc(I)ccc1N1NC(=O)CC1=O. The first-order chi connectivity index (χ1) is 8.52. The number of ether oxygens (including phenoxy) is 1. The van der Waals surface area contributed by atoms with E-state index in [1.807, 2.05) is 22.6 Å². The van der Waals surface area contributed by atoms with Crippen molar-refractivity contribution < 1.29 is 19.1 Å². The number of nitrogens with one attached hydrogen (secondary N) is 1. The summed E-state index contributed by atoms with van der Waals surface area (Å²) in [6.45, 7) is 0. The van der Waals surface area contributed by atoms with Gasteiger partial charge in [0, 0.05) is 3.57 Å². The van der Waals surface area contributed by atoms with E-state index in [1.54, 1.807) is 18.2 Å². The number of carbonyl (C=O) groups excluding carboxylic acids is 3. The summed E-state index contributed by atoms with van der Waals surface area (Å²) in [4.78, 5) is 34.4. The maximum atomic E-state index is 11.7. The number of carbonyl (C=O) groups is 3. The number of esters is 1. The lowest BCUT2D eigenvalue weighted by molar-refractivity contribution is -0.122. The molecule has 6 nitrogen and oxygen atoms in total. The number of rotatable bonds is 2. The van der Waals surface area contributed by atoms with Crippen LogP contribution in [-0.4, -0.2) is 24.9 Å². The van der Waals surface area contributed by atoms with Crippen LogP contribution in [0, 0.1) is 3.57 Å². The monoisotopic (exact) mass is 360 g/mol. The van der Waals surface area contributed by atoms with Gasteiger partial charge in [-0.25, -0.2) is 9.80 Å². The standard InChI is InChI=1S/C11H9IN2O4/c1-18-11(17)7-4-6(12)2-3-8(7)14-10(16)5-9(15)13-14/h2-4H,5H2,1H3,(H,13,15). The number of anilines is 1. The fourth-order valence-corrected chi connectivity index (χ4v) is 2.11. The molecule has 0 atom stereocenters. The van der Waals surface area contributed by atoms with Crippen LogP contribution < -0.4 is 10.4 Å². The second-order valence-electron chi connectivity index (χ2n) is 3.59. The maximum Gasteiger partial charge on any atom is 0.340 e. The Labute approximate surface area is 116 Å². The lowest BCUT2D eigenvalue weighted by Gasteiger charge is -2.18. The number of benzene rings is 1. The quantitative estimate of drug-likeness (QED) is 0.482. The first-order valence-corrected chi connectivity index (χ1v) is 6.11. The van der Waals surface area contributed by atoms with Gasteiger partial charge in [-0.15, -0.1) is 0 Å². The highest BCUT2D eigenvalue weighted by Gasteiger charge is 2.31. The minimum atomic E-state index is -0.558. The average Bonchev–Trinajstić information content (AvgIpc) is 2.67. The predicted octanol–water partition coefficient (Wildman–Crippen LogP) is 0.846. The van der Waals surface area contributed by atoms with Crippen LogP contribution >= 0.6 is 22.6 Å². The van der Waals surface area contributed by atoms with Crippen LogP contribution in [0.4, 0.5) is 5.69 Å². The van der Waals surface area contributed by atoms with E-state index in [-0.39, 0.29) is 12.0 Å². The lowest BCUT2D eigenvalue weighted by atomic mass is 10.1. The highest BCUT2D eigenvalue weighted by Crippen LogP contribution is 2.25. The van der Waals surface area contributed by atoms with Gasteiger partial charge in [0.05, 0.1) is 18.4 Å². The number of hydrogen-bond acceptors (Lipinski definition) is 4. The summed E-state index contributed by atoms with van der Waals surface area (Å²) in [6, 6.07) is 4.93. The first kappa shape index (κ1) is 12.8. The Kier molecular flexibility index (Phi) is 3.50. The van der Waals surface area contributed by atoms with E-state index in [0.717, 1.165) is 8.58 Å². The smallest absolute Gasteiger partial charge is 0.340 e. The van der Waals surface area contributed by atoms with E-state index in [0.29, 0.717) is 5.69 Å². The third-order valence-corrected chi connectivity index (χ3v) is 3.07. The van der Waals surface area contributed by atoms with Crippen molar-refractivity contribution in [3.63, 3.8) is 0 Å². The Balaban J connectivity index is 2.47. The molecule has 1 aliphatic rings. The fraction of sp³-hybridized carbons (Fsp3) is 0.182. The molecule has 1 N–H and O–H groups in total. The second-order valence-corrected chi connectivity index (χ2v) is 4.84. The van der Waals surface area contributed by atoms with Gasteiger partial charge in [-0.1, -0.05) is 0 Å². The Morgan fingerprint density at radius 2 is 2.17 bits per heavy atom. The molecule has 0 aliphatic carbocycles. The highest BCUT2D eigenvalue weighted by atomic mass is 127. The zero-order valence-electron chi connectivity index (χ0n) is 9.40. The molecule has 18 heavy (non-hydrogen) atoms. The van der Waals surface area contributed by atoms with Gasteiger partial charge in [0.15, 0.2) is 0 Å². The van der Waals surface area contributed by atoms with Crippen LogP contribution in [0.15, 0.2) is 18.2 Å². The summed E-state index contributed by atoms with van der Waals surface area (Å²) in [5.41, 5.74) is 2.95. The van der Waals surface area contributed by atoms with Crippen LogP contribution in [0.3, 0.4) is 0 Å². The summed E-state index contributed by atoms with van der Waals surface area (Å²) >= 11 is 2.05. The average molecular weight is 360 g/mol. The molecule has 0 spiro atoms. The lowest BCUT2D eigenvalue weighted by Crippen LogP contribution is -2.37. The van der Waals surface area contributed by atoms with Gasteiger partial charge in [0.1, 0.15) is 6.42 Å². The number of hydrogen-bond donors (Lipinski definition) is 1. The van der Waals surface area contributed by atoms with Gasteiger partial charge < -0.3 is 4.74 Å². The number of halogens is 1. The number of methoxy groups -OCH3 is 1. The van der Waals surface area contributed by atoms with Gasteiger partial charge in [-0.2, -0.15) is 0 Å². The predicted molar refractivity (Wildman–Crippen MR) is 70.7 cm³/mol. The molecule has 0 aromatic heterocycles. The molecule has 0 unspecified atom stereocenters. The van der Waals surface area contributed by atoms with Crippen molar-refractivity contribution in [3.8, 4) is 0 Å². The zero-order chi connectivity index (χ0) is 13.3. The Morgan fingerprint density at radius 1 is 1.44 bits per heavy atom. The van der Waals surface area contributed by atoms with Crippen LogP contribution in [0.1, 0.15) is 16.8 Å². The fourth-order valence-electron chi connectivity index (χ4n) is 1.61. The molecule has 7 heteroatoms. The van der Waals surface area contributed by atoms with E-state index < -0.39 is 17.8 Å². The normalized spacial score (nSPS) is 14.7. The highest BCUT2D eigenvalue weighted by molar-refractivity contribution is 14.1. The third-order valence-electron chi connectivity index (χ3n) is 2.40. The third kappa shape index (κ3) is 2.30. The second kappa shape index (κ2) is 4.92. The molecular formula is C11H9IN2O4. The number of nitrogens with zero attached hydrogens (tertiary/aromatic N) is 1. The van der Waals surface area contributed by atoms with Crippen molar-refractivity contribution in [2.24, 2.45) is 0 Å².